The Kier molecular flexibility index (Phi) is 4.85. The smallest absolute Gasteiger partial charge is 0.0577 e. The summed E-state index contributed by atoms with van der Waals surface area (Å²) in [5, 5.41) is 0. The largest absolute Gasteiger partial charge is 0.458 e. The van der Waals surface area contributed by atoms with Gasteiger partial charge in [0.2, 0.25) is 0 Å². The van der Waals surface area contributed by atoms with Crippen LogP contribution in [0, 0.1) is 0 Å². The van der Waals surface area contributed by atoms with Crippen LogP contribution in [0.25, 0.3) is 5.43 Å². The molecule has 0 bridgehead atoms. The first kappa shape index (κ1) is 5.92. The Labute approximate surface area is 38.7 Å². The van der Waals surface area contributed by atoms with Crippen LogP contribution in [0.5, 0.6) is 0 Å². The average molecular weight is 88.2 g/mol. The lowest BCUT2D eigenvalue weighted by atomic mass is 10.3. The minimum atomic E-state index is 0.927. The van der Waals surface area contributed by atoms with E-state index in [0.717, 1.165) is 6.54 Å². The van der Waals surface area contributed by atoms with Crippen molar-refractivity contribution in [3.63, 3.8) is 0 Å². The molecular weight excluding hydrogens is 76.1 g/mol. The zero-order valence-electron chi connectivity index (χ0n) is 4.28. The van der Waals surface area contributed by atoms with Crippen LogP contribution in [0.15, 0.2) is 0 Å². The standard InChI is InChI=1S/C4H12N2/c1-2-3-4-6-5/h2-4H2,1,5H3. The van der Waals surface area contributed by atoms with Gasteiger partial charge in [-0.1, -0.05) is 19.8 Å². The number of unbranched alkanes of at least 4 members (excludes halogenated alkanes) is 1. The molecule has 38 valence electrons. The maximum atomic E-state index is 3.68. The number of rotatable bonds is 3. The Balaban J connectivity index is 2.34. The van der Waals surface area contributed by atoms with E-state index in [2.05, 4.69) is 18.2 Å². The third-order valence-corrected chi connectivity index (χ3v) is 0.670. The second-order valence-corrected chi connectivity index (χ2v) is 1.30. The number of quaternary nitrogens is 1. The van der Waals surface area contributed by atoms with Gasteiger partial charge in [0.05, 0.1) is 0 Å². The molecular formula is C4H12N2. The summed E-state index contributed by atoms with van der Waals surface area (Å²) in [5.74, 6) is 3.35. The molecule has 0 aromatic carbocycles. The van der Waals surface area contributed by atoms with Crippen molar-refractivity contribution in [2.45, 2.75) is 19.8 Å². The number of hydrogen-bond donors (Lipinski definition) is 1. The van der Waals surface area contributed by atoms with Crippen LogP contribution >= 0.6 is 0 Å². The Morgan fingerprint density at radius 2 is 2.33 bits per heavy atom. The summed E-state index contributed by atoms with van der Waals surface area (Å²) >= 11 is 0. The molecule has 0 rings (SSSR count). The second-order valence-electron chi connectivity index (χ2n) is 1.30. The Morgan fingerprint density at radius 3 is 2.50 bits per heavy atom. The van der Waals surface area contributed by atoms with E-state index < -0.39 is 0 Å². The molecule has 0 aliphatic carbocycles. The molecule has 0 aliphatic heterocycles. The van der Waals surface area contributed by atoms with Gasteiger partial charge in [-0.2, -0.15) is 0 Å². The van der Waals surface area contributed by atoms with Gasteiger partial charge in [-0.3, -0.25) is 0 Å². The highest BCUT2D eigenvalue weighted by Crippen LogP contribution is 1.84. The van der Waals surface area contributed by atoms with Crippen LogP contribution in [-0.4, -0.2) is 6.54 Å². The van der Waals surface area contributed by atoms with Crippen LogP contribution in [0.4, 0.5) is 0 Å². The van der Waals surface area contributed by atoms with Crippen molar-refractivity contribution in [2.24, 2.45) is 0 Å². The molecule has 0 radical (unpaired) electrons. The quantitative estimate of drug-likeness (QED) is 0.381. The monoisotopic (exact) mass is 88.1 g/mol. The zero-order chi connectivity index (χ0) is 4.83. The van der Waals surface area contributed by atoms with E-state index in [9.17, 15) is 0 Å². The fourth-order valence-corrected chi connectivity index (χ4v) is 0.270. The van der Waals surface area contributed by atoms with Crippen molar-refractivity contribution < 1.29 is 5.84 Å². The van der Waals surface area contributed by atoms with Crippen LogP contribution in [0.3, 0.4) is 0 Å². The first-order valence-corrected chi connectivity index (χ1v) is 2.34. The van der Waals surface area contributed by atoms with Gasteiger partial charge in [-0.25, -0.2) is 0 Å². The minimum absolute atomic E-state index is 0.927. The third-order valence-electron chi connectivity index (χ3n) is 0.670. The fraction of sp³-hybridized carbons (Fsp3) is 1.00. The zero-order valence-corrected chi connectivity index (χ0v) is 4.28. The molecule has 2 nitrogen and oxygen atoms in total. The first-order chi connectivity index (χ1) is 2.91. The summed E-state index contributed by atoms with van der Waals surface area (Å²) in [4.78, 5) is 0. The molecule has 0 atom stereocenters. The lowest BCUT2D eigenvalue weighted by Crippen LogP contribution is -2.42. The highest BCUT2D eigenvalue weighted by Gasteiger charge is 1.67. The van der Waals surface area contributed by atoms with E-state index >= 15 is 0 Å². The molecule has 0 amide bonds. The summed E-state index contributed by atoms with van der Waals surface area (Å²) in [6.45, 7) is 3.07. The molecule has 0 saturated carbocycles. The molecule has 3 N–H and O–H groups in total. The molecule has 0 saturated heterocycles. The number of hydrogen-bond acceptors (Lipinski definition) is 0. The lowest BCUT2D eigenvalue weighted by molar-refractivity contribution is -0.304. The van der Waals surface area contributed by atoms with Crippen LogP contribution < -0.4 is 5.84 Å². The Hall–Kier alpha value is -0.0800. The van der Waals surface area contributed by atoms with Gasteiger partial charge >= 0.3 is 0 Å². The minimum Gasteiger partial charge on any atom is -0.458 e. The molecule has 0 heterocycles. The third kappa shape index (κ3) is 3.92. The molecule has 2 heteroatoms. The SMILES string of the molecule is CCCC[N-][NH3+]. The maximum absolute atomic E-state index is 3.68. The fourth-order valence-electron chi connectivity index (χ4n) is 0.270. The normalized spacial score (nSPS) is 9.00. The van der Waals surface area contributed by atoms with E-state index in [4.69, 9.17) is 0 Å². The van der Waals surface area contributed by atoms with Gasteiger partial charge < -0.3 is 11.3 Å². The van der Waals surface area contributed by atoms with Crippen molar-refractivity contribution >= 4 is 0 Å². The van der Waals surface area contributed by atoms with E-state index in [1.54, 1.807) is 0 Å². The van der Waals surface area contributed by atoms with Gasteiger partial charge in [0.15, 0.2) is 0 Å². The van der Waals surface area contributed by atoms with Gasteiger partial charge in [0.25, 0.3) is 0 Å². The molecule has 0 spiro atoms. The predicted octanol–water partition coefficient (Wildman–Crippen LogP) is 0.317. The van der Waals surface area contributed by atoms with E-state index in [1.807, 2.05) is 0 Å². The molecule has 0 aliphatic rings. The van der Waals surface area contributed by atoms with Crippen molar-refractivity contribution in [1.29, 1.82) is 0 Å². The van der Waals surface area contributed by atoms with Crippen LogP contribution in [-0.2, 0) is 0 Å². The van der Waals surface area contributed by atoms with Gasteiger partial charge in [0, 0.05) is 0 Å². The maximum Gasteiger partial charge on any atom is -0.0577 e. The average Bonchev–Trinajstić information content (AvgIpc) is 1.61. The Bertz CT molecular complexity index is 17.5. The lowest BCUT2D eigenvalue weighted by Gasteiger charge is -2.01. The summed E-state index contributed by atoms with van der Waals surface area (Å²) in [5.41, 5.74) is 3.68. The summed E-state index contributed by atoms with van der Waals surface area (Å²) in [6, 6.07) is 0. The number of nitrogens with zero attached hydrogens (tertiary/aromatic N) is 1. The Morgan fingerprint density at radius 1 is 1.67 bits per heavy atom. The molecule has 0 fully saturated rings. The van der Waals surface area contributed by atoms with Crippen LogP contribution in [0.2, 0.25) is 0 Å². The highest BCUT2D eigenvalue weighted by molar-refractivity contribution is 4.53. The van der Waals surface area contributed by atoms with E-state index in [-0.39, 0.29) is 0 Å². The van der Waals surface area contributed by atoms with E-state index in [0.29, 0.717) is 0 Å². The van der Waals surface area contributed by atoms with Crippen molar-refractivity contribution in [2.75, 3.05) is 6.54 Å². The first-order valence-electron chi connectivity index (χ1n) is 2.34. The summed E-state index contributed by atoms with van der Waals surface area (Å²) in [6.07, 6.45) is 2.41. The van der Waals surface area contributed by atoms with Crippen molar-refractivity contribution in [3.05, 3.63) is 5.43 Å². The summed E-state index contributed by atoms with van der Waals surface area (Å²) in [7, 11) is 0. The summed E-state index contributed by atoms with van der Waals surface area (Å²) < 4.78 is 0. The van der Waals surface area contributed by atoms with Crippen molar-refractivity contribution in [3.8, 4) is 0 Å². The predicted molar refractivity (Wildman–Crippen MR) is 26.0 cm³/mol. The second kappa shape index (κ2) is 4.92. The van der Waals surface area contributed by atoms with Crippen LogP contribution in [0.1, 0.15) is 19.8 Å². The topological polar surface area (TPSA) is 41.7 Å². The van der Waals surface area contributed by atoms with Gasteiger partial charge in [-0.05, 0) is 0 Å². The molecule has 0 aromatic rings. The molecule has 0 unspecified atom stereocenters. The highest BCUT2D eigenvalue weighted by atomic mass is 15.2. The van der Waals surface area contributed by atoms with Crippen molar-refractivity contribution in [1.82, 2.24) is 0 Å². The molecule has 6 heavy (non-hydrogen) atoms. The molecule has 0 aromatic heterocycles. The van der Waals surface area contributed by atoms with Gasteiger partial charge in [0.1, 0.15) is 0 Å². The van der Waals surface area contributed by atoms with Gasteiger partial charge in [-0.15, -0.1) is 6.54 Å². The van der Waals surface area contributed by atoms with E-state index in [1.165, 1.54) is 12.8 Å².